The van der Waals surface area contributed by atoms with E-state index in [2.05, 4.69) is 5.92 Å². The van der Waals surface area contributed by atoms with E-state index >= 15 is 0 Å². The highest BCUT2D eigenvalue weighted by Crippen LogP contribution is 2.29. The van der Waals surface area contributed by atoms with Crippen molar-refractivity contribution in [3.63, 3.8) is 0 Å². The number of rotatable bonds is 6. The average Bonchev–Trinajstić information content (AvgIpc) is 2.35. The zero-order chi connectivity index (χ0) is 13.6. The van der Waals surface area contributed by atoms with Crippen LogP contribution >= 0.6 is 0 Å². The molecule has 0 aliphatic heterocycles. The van der Waals surface area contributed by atoms with Crippen molar-refractivity contribution in [2.75, 3.05) is 6.61 Å². The molecule has 0 radical (unpaired) electrons. The molecule has 0 saturated heterocycles. The molecule has 0 aliphatic rings. The van der Waals surface area contributed by atoms with Gasteiger partial charge in [-0.25, -0.2) is 0 Å². The van der Waals surface area contributed by atoms with Crippen molar-refractivity contribution >= 4 is 11.8 Å². The van der Waals surface area contributed by atoms with E-state index in [0.29, 0.717) is 5.56 Å². The summed E-state index contributed by atoms with van der Waals surface area (Å²) in [5.41, 5.74) is 9.34. The zero-order valence-electron chi connectivity index (χ0n) is 9.76. The molecular weight excluding hydrogens is 232 g/mol. The maximum absolute atomic E-state index is 11.7. The third kappa shape index (κ3) is 2.87. The molecular formula is C13H14N2O3. The number of nitrogens with two attached hydrogens (primary N) is 2. The molecule has 0 bridgehead atoms. The van der Waals surface area contributed by atoms with Gasteiger partial charge in [0.05, 0.1) is 6.42 Å². The predicted octanol–water partition coefficient (Wildman–Crippen LogP) is -0.108. The third-order valence-electron chi connectivity index (χ3n) is 2.45. The summed E-state index contributed by atoms with van der Waals surface area (Å²) in [6.07, 6.45) is 5.17. The first kappa shape index (κ1) is 13.7. The predicted molar refractivity (Wildman–Crippen MR) is 65.9 cm³/mol. The van der Waals surface area contributed by atoms with Crippen LogP contribution < -0.4 is 11.5 Å². The molecule has 0 unspecified atom stereocenters. The number of benzene rings is 1. The summed E-state index contributed by atoms with van der Waals surface area (Å²) in [6, 6.07) is 8.53. The van der Waals surface area contributed by atoms with Gasteiger partial charge in [-0.05, 0) is 5.56 Å². The van der Waals surface area contributed by atoms with Crippen LogP contribution in [0.1, 0.15) is 12.0 Å². The summed E-state index contributed by atoms with van der Waals surface area (Å²) >= 11 is 0. The van der Waals surface area contributed by atoms with Gasteiger partial charge < -0.3 is 16.2 Å². The Labute approximate surface area is 105 Å². The van der Waals surface area contributed by atoms with Gasteiger partial charge >= 0.3 is 0 Å². The smallest absolute Gasteiger partial charge is 0.255 e. The lowest BCUT2D eigenvalue weighted by molar-refractivity contribution is -0.149. The number of amides is 2. The fourth-order valence-corrected chi connectivity index (χ4v) is 1.58. The first-order chi connectivity index (χ1) is 8.53. The van der Waals surface area contributed by atoms with Crippen molar-refractivity contribution in [1.82, 2.24) is 0 Å². The van der Waals surface area contributed by atoms with Gasteiger partial charge in [-0.2, -0.15) is 0 Å². The number of carbonyl (C=O) groups excluding carboxylic acids is 2. The van der Waals surface area contributed by atoms with Gasteiger partial charge in [-0.3, -0.25) is 9.59 Å². The first-order valence-corrected chi connectivity index (χ1v) is 5.24. The monoisotopic (exact) mass is 246 g/mol. The number of hydrogen-bond donors (Lipinski definition) is 2. The molecule has 0 saturated carbocycles. The summed E-state index contributed by atoms with van der Waals surface area (Å²) in [6.45, 7) is -0.431. The molecule has 1 aromatic carbocycles. The lowest BCUT2D eigenvalue weighted by Crippen LogP contribution is -2.45. The molecule has 0 fully saturated rings. The zero-order valence-corrected chi connectivity index (χ0v) is 9.76. The Morgan fingerprint density at radius 1 is 1.28 bits per heavy atom. The maximum Gasteiger partial charge on any atom is 0.255 e. The number of terminal acetylenes is 1. The molecule has 0 aliphatic carbocycles. The highest BCUT2D eigenvalue weighted by atomic mass is 16.5. The van der Waals surface area contributed by atoms with Gasteiger partial charge in [0.2, 0.25) is 5.91 Å². The minimum absolute atomic E-state index is 0.0698. The molecule has 2 amide bonds. The van der Waals surface area contributed by atoms with Crippen molar-refractivity contribution in [2.24, 2.45) is 11.5 Å². The van der Waals surface area contributed by atoms with Crippen LogP contribution in [0.15, 0.2) is 30.3 Å². The Bertz CT molecular complexity index is 479. The Morgan fingerprint density at radius 2 is 1.89 bits per heavy atom. The minimum atomic E-state index is -1.52. The summed E-state index contributed by atoms with van der Waals surface area (Å²) < 4.78 is 5.29. The summed E-state index contributed by atoms with van der Waals surface area (Å²) in [7, 11) is 0. The Balaban J connectivity index is 3.18. The molecule has 5 heteroatoms. The second kappa shape index (κ2) is 5.84. The Kier molecular flexibility index (Phi) is 4.46. The number of primary amides is 2. The van der Waals surface area contributed by atoms with E-state index in [0.717, 1.165) is 0 Å². The molecule has 0 aromatic heterocycles. The maximum atomic E-state index is 11.7. The van der Waals surface area contributed by atoms with E-state index in [4.69, 9.17) is 22.6 Å². The molecule has 0 heterocycles. The van der Waals surface area contributed by atoms with E-state index in [-0.39, 0.29) is 6.42 Å². The van der Waals surface area contributed by atoms with Crippen molar-refractivity contribution in [2.45, 2.75) is 12.0 Å². The van der Waals surface area contributed by atoms with E-state index < -0.39 is 24.0 Å². The number of ether oxygens (including phenoxy) is 1. The Hall–Kier alpha value is -2.32. The third-order valence-corrected chi connectivity index (χ3v) is 2.45. The van der Waals surface area contributed by atoms with Crippen LogP contribution in [0.3, 0.4) is 0 Å². The second-order valence-corrected chi connectivity index (χ2v) is 3.69. The van der Waals surface area contributed by atoms with E-state index in [1.807, 2.05) is 0 Å². The van der Waals surface area contributed by atoms with Crippen molar-refractivity contribution < 1.29 is 14.3 Å². The summed E-state index contributed by atoms with van der Waals surface area (Å²) in [5.74, 6) is 0.877. The lowest BCUT2D eigenvalue weighted by Gasteiger charge is -2.29. The topological polar surface area (TPSA) is 95.4 Å². The van der Waals surface area contributed by atoms with Gasteiger partial charge in [-0.1, -0.05) is 30.3 Å². The molecule has 18 heavy (non-hydrogen) atoms. The fraction of sp³-hybridized carbons (Fsp3) is 0.231. The second-order valence-electron chi connectivity index (χ2n) is 3.69. The lowest BCUT2D eigenvalue weighted by atomic mass is 9.89. The summed E-state index contributed by atoms with van der Waals surface area (Å²) in [4.78, 5) is 22.5. The normalized spacial score (nSPS) is 13.3. The average molecular weight is 246 g/mol. The van der Waals surface area contributed by atoms with Gasteiger partial charge in [0.15, 0.2) is 5.60 Å². The Morgan fingerprint density at radius 3 is 2.33 bits per heavy atom. The number of carbonyl (C=O) groups is 2. The van der Waals surface area contributed by atoms with Crippen LogP contribution in [0.25, 0.3) is 0 Å². The standard InChI is InChI=1S/C13H14N2O3/c1-2-8-13(12(15)17,18-9-11(14)16)10-6-4-3-5-7-10/h1,3-7H,8-9H2,(H2,14,16)(H2,15,17)/t13-/m1/s1. The van der Waals surface area contributed by atoms with Crippen molar-refractivity contribution in [3.05, 3.63) is 35.9 Å². The fourth-order valence-electron chi connectivity index (χ4n) is 1.58. The van der Waals surface area contributed by atoms with E-state index in [9.17, 15) is 9.59 Å². The molecule has 4 N–H and O–H groups in total. The van der Waals surface area contributed by atoms with Crippen LogP contribution in [-0.2, 0) is 19.9 Å². The van der Waals surface area contributed by atoms with Gasteiger partial charge in [0.25, 0.3) is 5.91 Å². The number of hydrogen-bond acceptors (Lipinski definition) is 3. The van der Waals surface area contributed by atoms with Crippen molar-refractivity contribution in [1.29, 1.82) is 0 Å². The molecule has 0 spiro atoms. The molecule has 1 atom stereocenters. The van der Waals surface area contributed by atoms with E-state index in [1.54, 1.807) is 30.3 Å². The molecule has 1 aromatic rings. The molecule has 1 rings (SSSR count). The van der Waals surface area contributed by atoms with Gasteiger partial charge in [-0.15, -0.1) is 12.3 Å². The van der Waals surface area contributed by atoms with Crippen LogP contribution in [0.2, 0.25) is 0 Å². The van der Waals surface area contributed by atoms with Crippen LogP contribution in [0.5, 0.6) is 0 Å². The van der Waals surface area contributed by atoms with Crippen LogP contribution in [-0.4, -0.2) is 18.4 Å². The molecule has 5 nitrogen and oxygen atoms in total. The quantitative estimate of drug-likeness (QED) is 0.686. The SMILES string of the molecule is C#CC[C@](OCC(N)=O)(C(N)=O)c1ccccc1. The minimum Gasteiger partial charge on any atom is -0.368 e. The summed E-state index contributed by atoms with van der Waals surface area (Å²) in [5, 5.41) is 0. The van der Waals surface area contributed by atoms with Crippen LogP contribution in [0.4, 0.5) is 0 Å². The van der Waals surface area contributed by atoms with Crippen LogP contribution in [0, 0.1) is 12.3 Å². The van der Waals surface area contributed by atoms with Gasteiger partial charge in [0.1, 0.15) is 6.61 Å². The van der Waals surface area contributed by atoms with E-state index in [1.165, 1.54) is 0 Å². The van der Waals surface area contributed by atoms with Gasteiger partial charge in [0, 0.05) is 0 Å². The molecule has 94 valence electrons. The highest BCUT2D eigenvalue weighted by Gasteiger charge is 2.39. The first-order valence-electron chi connectivity index (χ1n) is 5.24. The largest absolute Gasteiger partial charge is 0.368 e. The highest BCUT2D eigenvalue weighted by molar-refractivity contribution is 5.86. The van der Waals surface area contributed by atoms with Crippen molar-refractivity contribution in [3.8, 4) is 12.3 Å².